The monoisotopic (exact) mass is 333 g/mol. The number of allylic oxidation sites excluding steroid dienone is 2. The van der Waals surface area contributed by atoms with E-state index in [1.807, 2.05) is 66.6 Å². The fraction of sp³-hybridized carbons (Fsp3) is 0.190. The molecule has 4 heteroatoms. The molecule has 0 bridgehead atoms. The van der Waals surface area contributed by atoms with Gasteiger partial charge in [-0.05, 0) is 29.3 Å². The highest BCUT2D eigenvalue weighted by Crippen LogP contribution is 2.49. The molecule has 25 heavy (non-hydrogen) atoms. The summed E-state index contributed by atoms with van der Waals surface area (Å²) < 4.78 is 0. The van der Waals surface area contributed by atoms with Gasteiger partial charge in [0, 0.05) is 30.4 Å². The van der Waals surface area contributed by atoms with Gasteiger partial charge in [0.25, 0.3) is 0 Å². The molecule has 0 fully saturated rings. The van der Waals surface area contributed by atoms with Crippen molar-refractivity contribution in [1.82, 2.24) is 0 Å². The second-order valence-corrected chi connectivity index (χ2v) is 6.54. The van der Waals surface area contributed by atoms with Gasteiger partial charge in [-0.1, -0.05) is 48.6 Å². The normalized spacial score (nSPS) is 23.9. The van der Waals surface area contributed by atoms with E-state index in [4.69, 9.17) is 0 Å². The SMILES string of the molecule is CN1c2ccccc2C(C(=O)O)c2c1cccc2C1(O)C=CC=CC1. The van der Waals surface area contributed by atoms with Crippen LogP contribution in [-0.4, -0.2) is 23.2 Å². The third kappa shape index (κ3) is 2.29. The Hall–Kier alpha value is -2.85. The molecule has 126 valence electrons. The molecule has 0 aromatic heterocycles. The zero-order valence-corrected chi connectivity index (χ0v) is 13.9. The van der Waals surface area contributed by atoms with E-state index in [-0.39, 0.29) is 0 Å². The summed E-state index contributed by atoms with van der Waals surface area (Å²) in [4.78, 5) is 14.2. The molecule has 0 amide bonds. The first-order valence-electron chi connectivity index (χ1n) is 8.28. The lowest BCUT2D eigenvalue weighted by Crippen LogP contribution is -2.32. The Balaban J connectivity index is 2.00. The van der Waals surface area contributed by atoms with Crippen LogP contribution in [0.4, 0.5) is 11.4 Å². The van der Waals surface area contributed by atoms with Crippen molar-refractivity contribution in [1.29, 1.82) is 0 Å². The van der Waals surface area contributed by atoms with Gasteiger partial charge in [-0.15, -0.1) is 0 Å². The smallest absolute Gasteiger partial charge is 0.315 e. The molecule has 2 aromatic rings. The van der Waals surface area contributed by atoms with E-state index in [9.17, 15) is 15.0 Å². The number of carbonyl (C=O) groups is 1. The average Bonchev–Trinajstić information content (AvgIpc) is 2.62. The highest BCUT2D eigenvalue weighted by Gasteiger charge is 2.39. The summed E-state index contributed by atoms with van der Waals surface area (Å²) in [5.41, 5.74) is 2.57. The van der Waals surface area contributed by atoms with Crippen LogP contribution >= 0.6 is 0 Å². The zero-order chi connectivity index (χ0) is 17.6. The summed E-state index contributed by atoms with van der Waals surface area (Å²) in [6, 6.07) is 13.2. The van der Waals surface area contributed by atoms with Gasteiger partial charge in [0.2, 0.25) is 0 Å². The molecule has 4 nitrogen and oxygen atoms in total. The van der Waals surface area contributed by atoms with Gasteiger partial charge in [-0.2, -0.15) is 0 Å². The lowest BCUT2D eigenvalue weighted by molar-refractivity contribution is -0.137. The molecule has 2 N–H and O–H groups in total. The summed E-state index contributed by atoms with van der Waals surface area (Å²) in [7, 11) is 1.93. The van der Waals surface area contributed by atoms with Crippen LogP contribution in [-0.2, 0) is 10.4 Å². The number of carboxylic acid groups (broad SMARTS) is 1. The van der Waals surface area contributed by atoms with E-state index < -0.39 is 17.5 Å². The molecule has 0 spiro atoms. The summed E-state index contributed by atoms with van der Waals surface area (Å²) >= 11 is 0. The number of aliphatic hydroxyl groups is 1. The molecule has 1 aliphatic carbocycles. The predicted molar refractivity (Wildman–Crippen MR) is 97.2 cm³/mol. The Morgan fingerprint density at radius 2 is 1.88 bits per heavy atom. The first-order valence-corrected chi connectivity index (χ1v) is 8.28. The van der Waals surface area contributed by atoms with Gasteiger partial charge < -0.3 is 15.1 Å². The van der Waals surface area contributed by atoms with Crippen molar-refractivity contribution in [2.24, 2.45) is 0 Å². The zero-order valence-electron chi connectivity index (χ0n) is 13.9. The molecule has 0 saturated carbocycles. The van der Waals surface area contributed by atoms with Gasteiger partial charge in [-0.3, -0.25) is 4.79 Å². The largest absolute Gasteiger partial charge is 0.481 e. The summed E-state index contributed by atoms with van der Waals surface area (Å²) in [5.74, 6) is -1.71. The maximum absolute atomic E-state index is 12.2. The molecule has 2 unspecified atom stereocenters. The van der Waals surface area contributed by atoms with Crippen LogP contribution < -0.4 is 4.90 Å². The van der Waals surface area contributed by atoms with Gasteiger partial charge in [0.05, 0.1) is 0 Å². The fourth-order valence-corrected chi connectivity index (χ4v) is 3.91. The molecule has 2 aliphatic rings. The molecular weight excluding hydrogens is 314 g/mol. The summed E-state index contributed by atoms with van der Waals surface area (Å²) in [6.07, 6.45) is 7.76. The minimum absolute atomic E-state index is 0.428. The van der Waals surface area contributed by atoms with Crippen molar-refractivity contribution in [3.63, 3.8) is 0 Å². The highest BCUT2D eigenvalue weighted by molar-refractivity contribution is 5.91. The van der Waals surface area contributed by atoms with E-state index in [0.717, 1.165) is 16.9 Å². The number of benzene rings is 2. The van der Waals surface area contributed by atoms with Crippen molar-refractivity contribution in [3.05, 3.63) is 83.5 Å². The molecule has 0 radical (unpaired) electrons. The molecule has 2 aromatic carbocycles. The van der Waals surface area contributed by atoms with Crippen LogP contribution in [0.25, 0.3) is 0 Å². The topological polar surface area (TPSA) is 60.8 Å². The first-order chi connectivity index (χ1) is 12.0. The Morgan fingerprint density at radius 1 is 1.12 bits per heavy atom. The minimum atomic E-state index is -1.19. The lowest BCUT2D eigenvalue weighted by atomic mass is 9.76. The Morgan fingerprint density at radius 3 is 2.60 bits per heavy atom. The van der Waals surface area contributed by atoms with Crippen LogP contribution in [0, 0.1) is 0 Å². The van der Waals surface area contributed by atoms with Crippen LogP contribution in [0.15, 0.2) is 66.8 Å². The molecular formula is C21H19NO3. The molecule has 1 heterocycles. The highest BCUT2D eigenvalue weighted by atomic mass is 16.4. The molecule has 1 aliphatic heterocycles. The standard InChI is InChI=1S/C21H19NO3/c1-22-16-10-4-3-8-14(16)18(20(23)24)19-15(9-7-11-17(19)22)21(25)12-5-2-6-13-21/h2-12,18,25H,13H2,1H3,(H,23,24). The van der Waals surface area contributed by atoms with Gasteiger partial charge in [0.15, 0.2) is 0 Å². The van der Waals surface area contributed by atoms with E-state index in [0.29, 0.717) is 17.5 Å². The van der Waals surface area contributed by atoms with Gasteiger partial charge in [-0.25, -0.2) is 0 Å². The number of aliphatic carboxylic acids is 1. The third-order valence-electron chi connectivity index (χ3n) is 5.10. The van der Waals surface area contributed by atoms with E-state index in [2.05, 4.69) is 0 Å². The molecule has 0 saturated heterocycles. The number of rotatable bonds is 2. The third-order valence-corrected chi connectivity index (χ3v) is 5.10. The molecule has 2 atom stereocenters. The number of para-hydroxylation sites is 1. The Bertz CT molecular complexity index is 915. The van der Waals surface area contributed by atoms with Gasteiger partial charge >= 0.3 is 5.97 Å². The van der Waals surface area contributed by atoms with Crippen molar-refractivity contribution in [2.75, 3.05) is 11.9 Å². The average molecular weight is 333 g/mol. The van der Waals surface area contributed by atoms with Crippen LogP contribution in [0.3, 0.4) is 0 Å². The van der Waals surface area contributed by atoms with E-state index >= 15 is 0 Å². The predicted octanol–water partition coefficient (Wildman–Crippen LogP) is 3.69. The van der Waals surface area contributed by atoms with Crippen molar-refractivity contribution in [2.45, 2.75) is 17.9 Å². The second-order valence-electron chi connectivity index (χ2n) is 6.54. The second kappa shape index (κ2) is 5.60. The van der Waals surface area contributed by atoms with Crippen LogP contribution in [0.1, 0.15) is 29.0 Å². The maximum Gasteiger partial charge on any atom is 0.315 e. The van der Waals surface area contributed by atoms with E-state index in [1.54, 1.807) is 12.2 Å². The van der Waals surface area contributed by atoms with Crippen LogP contribution in [0.2, 0.25) is 0 Å². The minimum Gasteiger partial charge on any atom is -0.481 e. The summed E-state index contributed by atoms with van der Waals surface area (Å²) in [5, 5.41) is 21.2. The maximum atomic E-state index is 12.2. The van der Waals surface area contributed by atoms with Gasteiger partial charge in [0.1, 0.15) is 11.5 Å². The number of anilines is 2. The fourth-order valence-electron chi connectivity index (χ4n) is 3.91. The number of hydrogen-bond donors (Lipinski definition) is 2. The Labute approximate surface area is 146 Å². The number of fused-ring (bicyclic) bond motifs is 2. The van der Waals surface area contributed by atoms with E-state index in [1.165, 1.54) is 0 Å². The lowest BCUT2D eigenvalue weighted by Gasteiger charge is -2.38. The number of nitrogens with zero attached hydrogens (tertiary/aromatic N) is 1. The van der Waals surface area contributed by atoms with Crippen molar-refractivity contribution >= 4 is 17.3 Å². The number of carboxylic acids is 1. The molecule has 4 rings (SSSR count). The Kier molecular flexibility index (Phi) is 3.51. The van der Waals surface area contributed by atoms with Crippen molar-refractivity contribution in [3.8, 4) is 0 Å². The number of hydrogen-bond acceptors (Lipinski definition) is 3. The first kappa shape index (κ1) is 15.7. The van der Waals surface area contributed by atoms with Crippen LogP contribution in [0.5, 0.6) is 0 Å². The summed E-state index contributed by atoms with van der Waals surface area (Å²) in [6.45, 7) is 0. The quantitative estimate of drug-likeness (QED) is 0.880. The van der Waals surface area contributed by atoms with Crippen molar-refractivity contribution < 1.29 is 15.0 Å².